The van der Waals surface area contributed by atoms with Gasteiger partial charge in [0.15, 0.2) is 0 Å². The van der Waals surface area contributed by atoms with Crippen LogP contribution in [0.5, 0.6) is 0 Å². The lowest BCUT2D eigenvalue weighted by atomic mass is 10.1. The minimum Gasteiger partial charge on any atom is -0.380 e. The van der Waals surface area contributed by atoms with Gasteiger partial charge in [-0.05, 0) is 31.7 Å². The molecule has 12 heteroatoms. The highest BCUT2D eigenvalue weighted by Gasteiger charge is 2.19. The molecular formula is C23H27N7O4S. The number of benzene rings is 1. The molecule has 0 spiro atoms. The number of nitro benzene ring substituents is 1. The van der Waals surface area contributed by atoms with E-state index < -0.39 is 10.8 Å². The van der Waals surface area contributed by atoms with Gasteiger partial charge in [0.25, 0.3) is 5.69 Å². The third-order valence-electron chi connectivity index (χ3n) is 5.41. The van der Waals surface area contributed by atoms with Gasteiger partial charge in [0.05, 0.1) is 29.1 Å². The summed E-state index contributed by atoms with van der Waals surface area (Å²) in [6, 6.07) is 8.55. The van der Waals surface area contributed by atoms with Crippen molar-refractivity contribution in [1.29, 1.82) is 5.26 Å². The van der Waals surface area contributed by atoms with E-state index in [1.165, 1.54) is 18.3 Å². The maximum atomic E-state index is 12.4. The number of ether oxygens (including phenoxy) is 1. The molecule has 1 aromatic heterocycles. The van der Waals surface area contributed by atoms with E-state index in [-0.39, 0.29) is 18.0 Å². The van der Waals surface area contributed by atoms with Gasteiger partial charge in [-0.3, -0.25) is 14.9 Å². The van der Waals surface area contributed by atoms with E-state index in [2.05, 4.69) is 31.4 Å². The van der Waals surface area contributed by atoms with Crippen LogP contribution in [0.25, 0.3) is 0 Å². The van der Waals surface area contributed by atoms with Gasteiger partial charge in [-0.25, -0.2) is 10.4 Å². The van der Waals surface area contributed by atoms with E-state index >= 15 is 0 Å². The summed E-state index contributed by atoms with van der Waals surface area (Å²) in [6.07, 6.45) is 1.42. The minimum atomic E-state index is -0.459. The quantitative estimate of drug-likeness (QED) is 0.239. The molecule has 2 aromatic rings. The van der Waals surface area contributed by atoms with E-state index in [9.17, 15) is 20.2 Å². The second kappa shape index (κ2) is 12.3. The summed E-state index contributed by atoms with van der Waals surface area (Å²) in [4.78, 5) is 31.9. The molecule has 1 aliphatic rings. The third-order valence-corrected chi connectivity index (χ3v) is 6.38. The molecule has 0 aliphatic carbocycles. The van der Waals surface area contributed by atoms with Crippen molar-refractivity contribution < 1.29 is 14.5 Å². The standard InChI is InChI=1S/C23H27N7O4S/c1-16-10-18(14-34-3)20(12-24)23(26-16)35-15-22(31)27-25-13-17-11-19(30(32)33)4-5-21(17)29-8-6-28(2)7-9-29/h4-5,10-11,13H,6-9,14-15H2,1-3H3,(H,27,31)/b25-13-. The number of piperazine rings is 1. The second-order valence-electron chi connectivity index (χ2n) is 8.02. The van der Waals surface area contributed by atoms with E-state index in [4.69, 9.17) is 4.74 Å². The molecule has 2 heterocycles. The maximum Gasteiger partial charge on any atom is 0.270 e. The summed E-state index contributed by atoms with van der Waals surface area (Å²) in [7, 11) is 3.60. The number of aryl methyl sites for hydroxylation is 1. The molecule has 0 atom stereocenters. The minimum absolute atomic E-state index is 0.00481. The molecule has 0 saturated carbocycles. The molecule has 11 nitrogen and oxygen atoms in total. The molecule has 1 saturated heterocycles. The molecule has 1 aliphatic heterocycles. The molecule has 1 aromatic carbocycles. The summed E-state index contributed by atoms with van der Waals surface area (Å²) >= 11 is 1.14. The van der Waals surface area contributed by atoms with E-state index in [0.29, 0.717) is 21.7 Å². The zero-order valence-corrected chi connectivity index (χ0v) is 20.7. The first kappa shape index (κ1) is 26.1. The maximum absolute atomic E-state index is 12.4. The largest absolute Gasteiger partial charge is 0.380 e. The number of rotatable bonds is 9. The predicted molar refractivity (Wildman–Crippen MR) is 134 cm³/mol. The fraction of sp³-hybridized carbons (Fsp3) is 0.391. The normalized spacial score (nSPS) is 14.2. The summed E-state index contributed by atoms with van der Waals surface area (Å²) in [5.74, 6) is -0.395. The van der Waals surface area contributed by atoms with Gasteiger partial charge in [0.2, 0.25) is 5.91 Å². The second-order valence-corrected chi connectivity index (χ2v) is 8.98. The van der Waals surface area contributed by atoms with Crippen LogP contribution in [0.2, 0.25) is 0 Å². The Morgan fingerprint density at radius 3 is 2.77 bits per heavy atom. The number of carbonyl (C=O) groups is 1. The highest BCUT2D eigenvalue weighted by atomic mass is 32.2. The number of nitro groups is 1. The van der Waals surface area contributed by atoms with E-state index in [0.717, 1.165) is 49.3 Å². The van der Waals surface area contributed by atoms with Crippen LogP contribution >= 0.6 is 11.8 Å². The first-order chi connectivity index (χ1) is 16.8. The van der Waals surface area contributed by atoms with Crippen molar-refractivity contribution in [2.24, 2.45) is 5.10 Å². The fourth-order valence-electron chi connectivity index (χ4n) is 3.64. The molecule has 35 heavy (non-hydrogen) atoms. The van der Waals surface area contributed by atoms with Crippen LogP contribution in [0.15, 0.2) is 34.4 Å². The number of nitrogens with zero attached hydrogens (tertiary/aromatic N) is 6. The Balaban J connectivity index is 1.69. The van der Waals surface area contributed by atoms with E-state index in [1.54, 1.807) is 19.2 Å². The topological polar surface area (TPSA) is 137 Å². The number of pyridine rings is 1. The number of hydrogen-bond acceptors (Lipinski definition) is 10. The van der Waals surface area contributed by atoms with Crippen molar-refractivity contribution in [3.8, 4) is 6.07 Å². The SMILES string of the molecule is COCc1cc(C)nc(SCC(=O)N/N=C\c2cc([N+](=O)[O-])ccc2N2CCN(C)CC2)c1C#N. The number of nitriles is 1. The van der Waals surface area contributed by atoms with E-state index in [1.807, 2.05) is 14.0 Å². The van der Waals surface area contributed by atoms with Crippen molar-refractivity contribution in [3.63, 3.8) is 0 Å². The van der Waals surface area contributed by atoms with Crippen LogP contribution in [0.1, 0.15) is 22.4 Å². The van der Waals surface area contributed by atoms with Crippen LogP contribution in [0, 0.1) is 28.4 Å². The molecule has 0 radical (unpaired) electrons. The molecule has 1 amide bonds. The van der Waals surface area contributed by atoms with Crippen LogP contribution in [0.4, 0.5) is 11.4 Å². The molecule has 1 N–H and O–H groups in total. The lowest BCUT2D eigenvalue weighted by molar-refractivity contribution is -0.384. The molecule has 184 valence electrons. The first-order valence-corrected chi connectivity index (χ1v) is 11.9. The number of non-ortho nitro benzene ring substituents is 1. The first-order valence-electron chi connectivity index (χ1n) is 10.9. The number of hydrogen-bond donors (Lipinski definition) is 1. The molecular weight excluding hydrogens is 470 g/mol. The highest BCUT2D eigenvalue weighted by Crippen LogP contribution is 2.26. The predicted octanol–water partition coefficient (Wildman–Crippen LogP) is 2.31. The van der Waals surface area contributed by atoms with Crippen LogP contribution in [-0.4, -0.2) is 73.0 Å². The van der Waals surface area contributed by atoms with Crippen LogP contribution < -0.4 is 10.3 Å². The number of nitrogens with one attached hydrogen (secondary N) is 1. The Labute approximate surface area is 207 Å². The summed E-state index contributed by atoms with van der Waals surface area (Å²) < 4.78 is 5.15. The molecule has 3 rings (SSSR count). The average Bonchev–Trinajstić information content (AvgIpc) is 2.83. The van der Waals surface area contributed by atoms with Gasteiger partial charge < -0.3 is 14.5 Å². The molecule has 0 bridgehead atoms. The zero-order valence-electron chi connectivity index (χ0n) is 19.9. The van der Waals surface area contributed by atoms with Crippen molar-refractivity contribution in [1.82, 2.24) is 15.3 Å². The Morgan fingerprint density at radius 1 is 1.37 bits per heavy atom. The number of methoxy groups -OCH3 is 1. The number of likely N-dealkylation sites (N-methyl/N-ethyl adjacent to an activating group) is 1. The Hall–Kier alpha value is -3.53. The lowest BCUT2D eigenvalue weighted by Crippen LogP contribution is -2.44. The summed E-state index contributed by atoms with van der Waals surface area (Å²) in [6.45, 7) is 5.42. The molecule has 1 fully saturated rings. The van der Waals surface area contributed by atoms with Crippen molar-refractivity contribution in [2.75, 3.05) is 51.0 Å². The Kier molecular flexibility index (Phi) is 9.13. The van der Waals surface area contributed by atoms with Gasteiger partial charge in [-0.15, -0.1) is 0 Å². The number of hydrazone groups is 1. The van der Waals surface area contributed by atoms with Crippen LogP contribution in [-0.2, 0) is 16.1 Å². The number of thioether (sulfide) groups is 1. The Bertz CT molecular complexity index is 1160. The number of amides is 1. The van der Waals surface area contributed by atoms with Crippen molar-refractivity contribution in [2.45, 2.75) is 18.6 Å². The number of aromatic nitrogens is 1. The van der Waals surface area contributed by atoms with Gasteiger partial charge in [-0.2, -0.15) is 10.4 Å². The van der Waals surface area contributed by atoms with Gasteiger partial charge in [0, 0.05) is 62.4 Å². The smallest absolute Gasteiger partial charge is 0.270 e. The summed E-state index contributed by atoms with van der Waals surface area (Å²) in [5, 5.41) is 25.3. The Morgan fingerprint density at radius 2 is 2.11 bits per heavy atom. The lowest BCUT2D eigenvalue weighted by Gasteiger charge is -2.34. The van der Waals surface area contributed by atoms with Gasteiger partial charge in [0.1, 0.15) is 11.1 Å². The number of carbonyl (C=O) groups excluding carboxylic acids is 1. The monoisotopic (exact) mass is 497 g/mol. The highest BCUT2D eigenvalue weighted by molar-refractivity contribution is 8.00. The van der Waals surface area contributed by atoms with Gasteiger partial charge in [-0.1, -0.05) is 11.8 Å². The average molecular weight is 498 g/mol. The van der Waals surface area contributed by atoms with Gasteiger partial charge >= 0.3 is 0 Å². The zero-order chi connectivity index (χ0) is 25.4. The third kappa shape index (κ3) is 6.98. The summed E-state index contributed by atoms with van der Waals surface area (Å²) in [5.41, 5.74) is 5.60. The van der Waals surface area contributed by atoms with Crippen LogP contribution in [0.3, 0.4) is 0 Å². The van der Waals surface area contributed by atoms with Crippen molar-refractivity contribution >= 4 is 35.3 Å². The fourth-order valence-corrected chi connectivity index (χ4v) is 4.50. The molecule has 0 unspecified atom stereocenters. The number of anilines is 1. The van der Waals surface area contributed by atoms with Crippen molar-refractivity contribution in [3.05, 3.63) is 56.8 Å².